The third-order valence-corrected chi connectivity index (χ3v) is 3.70. The Morgan fingerprint density at radius 2 is 1.91 bits per heavy atom. The minimum absolute atomic E-state index is 0.208. The van der Waals surface area contributed by atoms with Crippen LogP contribution in [0.4, 0.5) is 0 Å². The Morgan fingerprint density at radius 3 is 2.39 bits per heavy atom. The molecule has 0 aliphatic carbocycles. The molecule has 0 spiro atoms. The molecule has 0 radical (unpaired) electrons. The van der Waals surface area contributed by atoms with Gasteiger partial charge in [0.1, 0.15) is 6.04 Å². The number of ether oxygens (including phenoxy) is 2. The van der Waals surface area contributed by atoms with Crippen molar-refractivity contribution < 1.29 is 24.2 Å². The Bertz CT molecular complexity index is 613. The summed E-state index contributed by atoms with van der Waals surface area (Å²) < 4.78 is 11.1. The van der Waals surface area contributed by atoms with Crippen molar-refractivity contribution in [3.05, 3.63) is 28.2 Å². The number of carboxylic acids is 1. The highest BCUT2D eigenvalue weighted by atomic mass is 79.9. The Kier molecular flexibility index (Phi) is 7.09. The van der Waals surface area contributed by atoms with E-state index in [2.05, 4.69) is 21.2 Å². The van der Waals surface area contributed by atoms with Crippen molar-refractivity contribution in [2.45, 2.75) is 19.9 Å². The summed E-state index contributed by atoms with van der Waals surface area (Å²) in [4.78, 5) is 22.9. The lowest BCUT2D eigenvalue weighted by molar-refractivity contribution is -0.142. The number of rotatable bonds is 7. The lowest BCUT2D eigenvalue weighted by Crippen LogP contribution is -2.43. The van der Waals surface area contributed by atoms with Crippen molar-refractivity contribution in [3.8, 4) is 11.5 Å². The van der Waals surface area contributed by atoms with Gasteiger partial charge in [0.25, 0.3) is 0 Å². The average Bonchev–Trinajstić information content (AvgIpc) is 2.49. The van der Waals surface area contributed by atoms with Gasteiger partial charge >= 0.3 is 5.97 Å². The van der Waals surface area contributed by atoms with Crippen molar-refractivity contribution >= 4 is 33.9 Å². The lowest BCUT2D eigenvalue weighted by Gasteiger charge is -2.16. The molecule has 2 N–H and O–H groups in total. The number of halogens is 1. The summed E-state index contributed by atoms with van der Waals surface area (Å²) in [7, 11) is 3.05. The molecule has 1 aromatic carbocycles. The van der Waals surface area contributed by atoms with Crippen LogP contribution in [0, 0.1) is 5.92 Å². The van der Waals surface area contributed by atoms with Gasteiger partial charge in [-0.3, -0.25) is 4.79 Å². The maximum Gasteiger partial charge on any atom is 0.326 e. The summed E-state index contributed by atoms with van der Waals surface area (Å²) in [5, 5.41) is 11.5. The molecule has 1 amide bonds. The monoisotopic (exact) mass is 385 g/mol. The first kappa shape index (κ1) is 19.0. The summed E-state index contributed by atoms with van der Waals surface area (Å²) in [6.07, 6.45) is 2.85. The largest absolute Gasteiger partial charge is 0.493 e. The third-order valence-electron chi connectivity index (χ3n) is 3.11. The first-order valence-corrected chi connectivity index (χ1v) is 7.72. The molecule has 23 heavy (non-hydrogen) atoms. The van der Waals surface area contributed by atoms with E-state index in [4.69, 9.17) is 14.6 Å². The quantitative estimate of drug-likeness (QED) is 0.704. The van der Waals surface area contributed by atoms with Crippen LogP contribution in [0.5, 0.6) is 11.5 Å². The molecule has 1 aromatic rings. The minimum Gasteiger partial charge on any atom is -0.493 e. The number of methoxy groups -OCH3 is 2. The summed E-state index contributed by atoms with van der Waals surface area (Å²) in [5.74, 6) is -0.667. The van der Waals surface area contributed by atoms with Gasteiger partial charge in [-0.2, -0.15) is 0 Å². The van der Waals surface area contributed by atoms with Crippen molar-refractivity contribution in [1.82, 2.24) is 5.32 Å². The van der Waals surface area contributed by atoms with E-state index < -0.39 is 17.9 Å². The molecule has 0 unspecified atom stereocenters. The van der Waals surface area contributed by atoms with Gasteiger partial charge in [0, 0.05) is 6.08 Å². The van der Waals surface area contributed by atoms with E-state index in [9.17, 15) is 9.59 Å². The van der Waals surface area contributed by atoms with Gasteiger partial charge in [-0.05, 0) is 45.6 Å². The summed E-state index contributed by atoms with van der Waals surface area (Å²) in [6, 6.07) is 2.55. The topological polar surface area (TPSA) is 84.9 Å². The number of benzene rings is 1. The molecule has 7 heteroatoms. The standard InChI is InChI=1S/C16H20BrNO5/c1-9(2)14(16(20)21)18-13(19)6-5-10-7-11(17)15(23-4)12(8-10)22-3/h5-9,14H,1-4H3,(H,18,19)(H,20,21)/b6-5+/t14-/m1/s1. The Morgan fingerprint density at radius 1 is 1.26 bits per heavy atom. The Labute approximate surface area is 143 Å². The molecule has 0 fully saturated rings. The summed E-state index contributed by atoms with van der Waals surface area (Å²) in [6.45, 7) is 3.46. The van der Waals surface area contributed by atoms with E-state index >= 15 is 0 Å². The van der Waals surface area contributed by atoms with E-state index in [0.717, 1.165) is 0 Å². The van der Waals surface area contributed by atoms with Crippen LogP contribution in [0.2, 0.25) is 0 Å². The number of carbonyl (C=O) groups excluding carboxylic acids is 1. The smallest absolute Gasteiger partial charge is 0.326 e. The highest BCUT2D eigenvalue weighted by Gasteiger charge is 2.22. The molecule has 0 heterocycles. The van der Waals surface area contributed by atoms with E-state index in [1.54, 1.807) is 32.1 Å². The fourth-order valence-electron chi connectivity index (χ4n) is 1.92. The highest BCUT2D eigenvalue weighted by molar-refractivity contribution is 9.10. The van der Waals surface area contributed by atoms with Crippen LogP contribution >= 0.6 is 15.9 Å². The second-order valence-electron chi connectivity index (χ2n) is 5.14. The van der Waals surface area contributed by atoms with Crippen LogP contribution in [-0.4, -0.2) is 37.2 Å². The molecular weight excluding hydrogens is 366 g/mol. The number of carboxylic acid groups (broad SMARTS) is 1. The van der Waals surface area contributed by atoms with Crippen molar-refractivity contribution in [2.24, 2.45) is 5.92 Å². The molecule has 0 saturated heterocycles. The van der Waals surface area contributed by atoms with Gasteiger partial charge in [-0.15, -0.1) is 0 Å². The van der Waals surface area contributed by atoms with Crippen LogP contribution in [0.1, 0.15) is 19.4 Å². The molecule has 0 saturated carbocycles. The molecule has 0 aromatic heterocycles. The number of amides is 1. The van der Waals surface area contributed by atoms with Crippen molar-refractivity contribution in [2.75, 3.05) is 14.2 Å². The van der Waals surface area contributed by atoms with Gasteiger partial charge in [0.2, 0.25) is 5.91 Å². The molecule has 0 aliphatic heterocycles. The van der Waals surface area contributed by atoms with E-state index in [-0.39, 0.29) is 5.92 Å². The van der Waals surface area contributed by atoms with Crippen LogP contribution in [0.25, 0.3) is 6.08 Å². The zero-order valence-electron chi connectivity index (χ0n) is 13.4. The minimum atomic E-state index is -1.06. The predicted molar refractivity (Wildman–Crippen MR) is 90.7 cm³/mol. The average molecular weight is 386 g/mol. The van der Waals surface area contributed by atoms with E-state index in [0.29, 0.717) is 21.5 Å². The maximum atomic E-state index is 11.9. The number of aliphatic carboxylic acids is 1. The number of hydrogen-bond donors (Lipinski definition) is 2. The fourth-order valence-corrected chi connectivity index (χ4v) is 2.54. The summed E-state index contributed by atoms with van der Waals surface area (Å²) >= 11 is 3.37. The predicted octanol–water partition coefficient (Wildman–Crippen LogP) is 2.70. The van der Waals surface area contributed by atoms with Crippen LogP contribution in [0.3, 0.4) is 0 Å². The first-order chi connectivity index (χ1) is 10.8. The van der Waals surface area contributed by atoms with Gasteiger partial charge < -0.3 is 19.9 Å². The van der Waals surface area contributed by atoms with Crippen LogP contribution in [0.15, 0.2) is 22.7 Å². The number of hydrogen-bond acceptors (Lipinski definition) is 4. The van der Waals surface area contributed by atoms with Gasteiger partial charge in [-0.1, -0.05) is 13.8 Å². The molecule has 1 atom stereocenters. The fraction of sp³-hybridized carbons (Fsp3) is 0.375. The zero-order chi connectivity index (χ0) is 17.6. The second-order valence-corrected chi connectivity index (χ2v) is 5.99. The molecule has 0 bridgehead atoms. The molecular formula is C16H20BrNO5. The van der Waals surface area contributed by atoms with Crippen molar-refractivity contribution in [3.63, 3.8) is 0 Å². The van der Waals surface area contributed by atoms with E-state index in [1.165, 1.54) is 20.3 Å². The summed E-state index contributed by atoms with van der Waals surface area (Å²) in [5.41, 5.74) is 0.709. The van der Waals surface area contributed by atoms with Crippen LogP contribution < -0.4 is 14.8 Å². The Balaban J connectivity index is 2.90. The van der Waals surface area contributed by atoms with Gasteiger partial charge in [0.05, 0.1) is 18.7 Å². The third kappa shape index (κ3) is 5.28. The second kappa shape index (κ2) is 8.57. The highest BCUT2D eigenvalue weighted by Crippen LogP contribution is 2.36. The molecule has 1 rings (SSSR count). The van der Waals surface area contributed by atoms with Gasteiger partial charge in [0.15, 0.2) is 11.5 Å². The number of carbonyl (C=O) groups is 2. The molecule has 0 aliphatic rings. The van der Waals surface area contributed by atoms with Crippen LogP contribution in [-0.2, 0) is 9.59 Å². The first-order valence-electron chi connectivity index (χ1n) is 6.93. The Hall–Kier alpha value is -2.02. The normalized spacial score (nSPS) is 12.3. The molecule has 6 nitrogen and oxygen atoms in total. The lowest BCUT2D eigenvalue weighted by atomic mass is 10.0. The molecule has 126 valence electrons. The number of nitrogens with one attached hydrogen (secondary N) is 1. The zero-order valence-corrected chi connectivity index (χ0v) is 15.0. The van der Waals surface area contributed by atoms with Gasteiger partial charge in [-0.25, -0.2) is 4.79 Å². The van der Waals surface area contributed by atoms with E-state index in [1.807, 2.05) is 0 Å². The van der Waals surface area contributed by atoms with Crippen molar-refractivity contribution in [1.29, 1.82) is 0 Å². The maximum absolute atomic E-state index is 11.9. The SMILES string of the molecule is COc1cc(/C=C/C(=O)N[C@@H](C(=O)O)C(C)C)cc(Br)c1OC.